The summed E-state index contributed by atoms with van der Waals surface area (Å²) in [5.41, 5.74) is 2.98. The van der Waals surface area contributed by atoms with Gasteiger partial charge < -0.3 is 21.2 Å². The van der Waals surface area contributed by atoms with Gasteiger partial charge in [-0.2, -0.15) is 5.10 Å². The first-order valence-electron chi connectivity index (χ1n) is 5.51. The summed E-state index contributed by atoms with van der Waals surface area (Å²) in [6.45, 7) is 0.386. The lowest BCUT2D eigenvalue weighted by atomic mass is 10.1. The van der Waals surface area contributed by atoms with Gasteiger partial charge in [-0.1, -0.05) is 6.07 Å². The number of benzene rings is 1. The van der Waals surface area contributed by atoms with Crippen molar-refractivity contribution in [3.8, 4) is 0 Å². The van der Waals surface area contributed by atoms with Gasteiger partial charge in [0.05, 0.1) is 6.21 Å². The van der Waals surface area contributed by atoms with Crippen LogP contribution in [0.1, 0.15) is 11.1 Å². The summed E-state index contributed by atoms with van der Waals surface area (Å²) in [6.07, 6.45) is 3.09. The van der Waals surface area contributed by atoms with E-state index in [1.54, 1.807) is 6.21 Å². The summed E-state index contributed by atoms with van der Waals surface area (Å²) in [7, 11) is 0. The fourth-order valence-corrected chi connectivity index (χ4v) is 1.87. The van der Waals surface area contributed by atoms with Crippen molar-refractivity contribution < 1.29 is 9.90 Å². The Morgan fingerprint density at radius 3 is 3.11 bits per heavy atom. The van der Waals surface area contributed by atoms with Gasteiger partial charge in [0.1, 0.15) is 0 Å². The third-order valence-electron chi connectivity index (χ3n) is 2.69. The summed E-state index contributed by atoms with van der Waals surface area (Å²) >= 11 is 0. The lowest BCUT2D eigenvalue weighted by Crippen LogP contribution is -2.23. The van der Waals surface area contributed by atoms with Crippen molar-refractivity contribution >= 4 is 23.2 Å². The monoisotopic (exact) mass is 246 g/mol. The summed E-state index contributed by atoms with van der Waals surface area (Å²) in [4.78, 5) is 13.5. The van der Waals surface area contributed by atoms with Crippen LogP contribution in [0.25, 0.3) is 10.9 Å². The number of hydrogen-bond acceptors (Lipinski definition) is 3. The summed E-state index contributed by atoms with van der Waals surface area (Å²) in [5, 5.41) is 15.4. The van der Waals surface area contributed by atoms with Crippen LogP contribution in [0.2, 0.25) is 0 Å². The Hall–Kier alpha value is -2.50. The Kier molecular flexibility index (Phi) is 3.47. The van der Waals surface area contributed by atoms with E-state index in [9.17, 15) is 4.79 Å². The zero-order chi connectivity index (χ0) is 13.0. The average molecular weight is 246 g/mol. The van der Waals surface area contributed by atoms with E-state index in [1.165, 1.54) is 0 Å². The number of rotatable bonds is 4. The Morgan fingerprint density at radius 2 is 2.39 bits per heavy atom. The zero-order valence-corrected chi connectivity index (χ0v) is 9.68. The molecule has 0 spiro atoms. The molecule has 0 saturated heterocycles. The van der Waals surface area contributed by atoms with Crippen LogP contribution in [0.5, 0.6) is 0 Å². The minimum Gasteiger partial charge on any atom is -0.465 e. The number of carboxylic acid groups (broad SMARTS) is 1. The Balaban J connectivity index is 2.22. The van der Waals surface area contributed by atoms with Crippen molar-refractivity contribution in [2.45, 2.75) is 6.42 Å². The van der Waals surface area contributed by atoms with Gasteiger partial charge in [-0.25, -0.2) is 4.79 Å². The highest BCUT2D eigenvalue weighted by Gasteiger charge is 2.04. The Bertz CT molecular complexity index is 589. The molecule has 1 aromatic heterocycles. The van der Waals surface area contributed by atoms with Gasteiger partial charge in [0.2, 0.25) is 0 Å². The number of H-pyrrole nitrogens is 1. The number of nitrogens with two attached hydrogens (primary N) is 1. The van der Waals surface area contributed by atoms with Crippen LogP contribution in [0.4, 0.5) is 4.79 Å². The molecule has 18 heavy (non-hydrogen) atoms. The molecular weight excluding hydrogens is 232 g/mol. The van der Waals surface area contributed by atoms with E-state index < -0.39 is 6.09 Å². The molecule has 0 bridgehead atoms. The van der Waals surface area contributed by atoms with Gasteiger partial charge in [0.15, 0.2) is 0 Å². The number of nitrogens with zero attached hydrogens (tertiary/aromatic N) is 1. The second-order valence-corrected chi connectivity index (χ2v) is 3.88. The van der Waals surface area contributed by atoms with Crippen LogP contribution >= 0.6 is 0 Å². The lowest BCUT2D eigenvalue weighted by Gasteiger charge is -2.00. The first-order valence-corrected chi connectivity index (χ1v) is 5.51. The molecular formula is C12H14N4O2. The number of fused-ring (bicyclic) bond motifs is 1. The highest BCUT2D eigenvalue weighted by atomic mass is 16.4. The molecule has 2 rings (SSSR count). The molecule has 6 heteroatoms. The van der Waals surface area contributed by atoms with Crippen molar-refractivity contribution in [2.75, 3.05) is 6.54 Å². The van der Waals surface area contributed by atoms with Crippen LogP contribution in [0, 0.1) is 0 Å². The van der Waals surface area contributed by atoms with Crippen LogP contribution in [0.3, 0.4) is 0 Å². The summed E-state index contributed by atoms with van der Waals surface area (Å²) in [6, 6.07) is 5.83. The van der Waals surface area contributed by atoms with Crippen molar-refractivity contribution in [3.05, 3.63) is 35.5 Å². The smallest absolute Gasteiger partial charge is 0.404 e. The molecule has 94 valence electrons. The predicted molar refractivity (Wildman–Crippen MR) is 69.8 cm³/mol. The van der Waals surface area contributed by atoms with E-state index in [4.69, 9.17) is 10.9 Å². The molecule has 0 unspecified atom stereocenters. The number of nitrogens with one attached hydrogen (secondary N) is 2. The number of hydrazone groups is 1. The average Bonchev–Trinajstić information content (AvgIpc) is 2.72. The van der Waals surface area contributed by atoms with Crippen molar-refractivity contribution in [2.24, 2.45) is 10.9 Å². The maximum absolute atomic E-state index is 10.4. The number of aromatic amines is 1. The molecule has 0 radical (unpaired) electrons. The van der Waals surface area contributed by atoms with Crippen molar-refractivity contribution in [3.63, 3.8) is 0 Å². The first-order chi connectivity index (χ1) is 8.70. The largest absolute Gasteiger partial charge is 0.465 e. The third-order valence-corrected chi connectivity index (χ3v) is 2.69. The molecule has 0 aliphatic rings. The maximum Gasteiger partial charge on any atom is 0.404 e. The van der Waals surface area contributed by atoms with E-state index >= 15 is 0 Å². The standard InChI is InChI=1S/C12H14N4O2/c13-16-6-8-1-2-11-10(5-8)9(7-15-11)3-4-14-12(17)18/h1-2,5-7,14-15H,3-4,13H2,(H,17,18). The molecule has 0 aliphatic carbocycles. The summed E-state index contributed by atoms with van der Waals surface area (Å²) in [5.74, 6) is 5.12. The molecule has 1 heterocycles. The van der Waals surface area contributed by atoms with Crippen LogP contribution < -0.4 is 11.2 Å². The fraction of sp³-hybridized carbons (Fsp3) is 0.167. The summed E-state index contributed by atoms with van der Waals surface area (Å²) < 4.78 is 0. The molecule has 6 nitrogen and oxygen atoms in total. The molecule has 0 aliphatic heterocycles. The second kappa shape index (κ2) is 5.22. The third kappa shape index (κ3) is 2.60. The minimum absolute atomic E-state index is 0.386. The van der Waals surface area contributed by atoms with Crippen molar-refractivity contribution in [1.82, 2.24) is 10.3 Å². The Labute approximate surface area is 103 Å². The van der Waals surface area contributed by atoms with Crippen LogP contribution in [-0.2, 0) is 6.42 Å². The molecule has 0 fully saturated rings. The number of carbonyl (C=O) groups is 1. The lowest BCUT2D eigenvalue weighted by molar-refractivity contribution is 0.194. The fourth-order valence-electron chi connectivity index (χ4n) is 1.87. The molecule has 5 N–H and O–H groups in total. The molecule has 1 aromatic carbocycles. The van der Waals surface area contributed by atoms with E-state index in [-0.39, 0.29) is 0 Å². The molecule has 0 atom stereocenters. The van der Waals surface area contributed by atoms with Gasteiger partial charge in [0.25, 0.3) is 0 Å². The topological polar surface area (TPSA) is 103 Å². The van der Waals surface area contributed by atoms with Crippen LogP contribution in [-0.4, -0.2) is 28.9 Å². The molecule has 2 aromatic rings. The van der Waals surface area contributed by atoms with Gasteiger partial charge in [-0.05, 0) is 29.7 Å². The highest BCUT2D eigenvalue weighted by molar-refractivity contribution is 5.90. The zero-order valence-electron chi connectivity index (χ0n) is 9.68. The SMILES string of the molecule is NN=Cc1ccc2[nH]cc(CCNC(=O)O)c2c1. The number of amides is 1. The quantitative estimate of drug-likeness (QED) is 0.371. The normalized spacial score (nSPS) is 11.1. The minimum atomic E-state index is -1.01. The first kappa shape index (κ1) is 12.0. The maximum atomic E-state index is 10.4. The van der Waals surface area contributed by atoms with Crippen molar-refractivity contribution in [1.29, 1.82) is 0 Å². The van der Waals surface area contributed by atoms with Gasteiger partial charge in [-0.3, -0.25) is 0 Å². The van der Waals surface area contributed by atoms with E-state index in [0.717, 1.165) is 22.0 Å². The molecule has 1 amide bonds. The van der Waals surface area contributed by atoms with Gasteiger partial charge >= 0.3 is 6.09 Å². The van der Waals surface area contributed by atoms with E-state index in [0.29, 0.717) is 13.0 Å². The van der Waals surface area contributed by atoms with E-state index in [2.05, 4.69) is 15.4 Å². The second-order valence-electron chi connectivity index (χ2n) is 3.88. The molecule has 0 saturated carbocycles. The highest BCUT2D eigenvalue weighted by Crippen LogP contribution is 2.19. The van der Waals surface area contributed by atoms with E-state index in [1.807, 2.05) is 24.4 Å². The Morgan fingerprint density at radius 1 is 1.56 bits per heavy atom. The van der Waals surface area contributed by atoms with Gasteiger partial charge in [0, 0.05) is 23.6 Å². The predicted octanol–water partition coefficient (Wildman–Crippen LogP) is 1.27. The van der Waals surface area contributed by atoms with Gasteiger partial charge in [-0.15, -0.1) is 0 Å². The van der Waals surface area contributed by atoms with Crippen LogP contribution in [0.15, 0.2) is 29.5 Å². The number of hydrogen-bond donors (Lipinski definition) is 4. The number of aromatic nitrogens is 1.